The number of anilines is 1. The third-order valence-corrected chi connectivity index (χ3v) is 6.31. The second-order valence-electron chi connectivity index (χ2n) is 6.51. The number of amides is 1. The van der Waals surface area contributed by atoms with Gasteiger partial charge in [0.1, 0.15) is 23.4 Å². The Morgan fingerprint density at radius 3 is 2.60 bits per heavy atom. The maximum absolute atomic E-state index is 13.9. The zero-order valence-electron chi connectivity index (χ0n) is 15.6. The topological polar surface area (TPSA) is 66.8 Å². The average molecular weight is 488 g/mol. The smallest absolute Gasteiger partial charge is 0.300 e. The average Bonchev–Trinajstić information content (AvgIpc) is 3.34. The fraction of sp³-hybridized carbons (Fsp3) is 0.0909. The lowest BCUT2D eigenvalue weighted by molar-refractivity contribution is -0.132. The van der Waals surface area contributed by atoms with E-state index >= 15 is 0 Å². The van der Waals surface area contributed by atoms with Crippen LogP contribution < -0.4 is 9.64 Å². The van der Waals surface area contributed by atoms with Gasteiger partial charge in [-0.05, 0) is 63.8 Å². The number of rotatable bonds is 4. The molecule has 3 aromatic rings. The van der Waals surface area contributed by atoms with E-state index in [9.17, 15) is 19.1 Å². The Balaban J connectivity index is 1.92. The van der Waals surface area contributed by atoms with Gasteiger partial charge in [0.25, 0.3) is 11.7 Å². The van der Waals surface area contributed by atoms with Crippen LogP contribution in [-0.2, 0) is 9.59 Å². The second-order valence-corrected chi connectivity index (χ2v) is 8.35. The van der Waals surface area contributed by atoms with Crippen LogP contribution in [0.3, 0.4) is 0 Å². The van der Waals surface area contributed by atoms with Crippen LogP contribution in [0.25, 0.3) is 5.76 Å². The van der Waals surface area contributed by atoms with Crippen molar-refractivity contribution in [1.82, 2.24) is 0 Å². The van der Waals surface area contributed by atoms with E-state index in [1.165, 1.54) is 41.5 Å². The number of ketones is 1. The molecule has 0 radical (unpaired) electrons. The van der Waals surface area contributed by atoms with Gasteiger partial charge in [-0.2, -0.15) is 0 Å². The van der Waals surface area contributed by atoms with Crippen molar-refractivity contribution < 1.29 is 23.8 Å². The van der Waals surface area contributed by atoms with Gasteiger partial charge in [0.15, 0.2) is 0 Å². The number of nitrogens with zero attached hydrogens (tertiary/aromatic N) is 1. The highest BCUT2D eigenvalue weighted by Crippen LogP contribution is 2.44. The minimum atomic E-state index is -0.868. The van der Waals surface area contributed by atoms with E-state index in [0.29, 0.717) is 20.7 Å². The molecule has 0 aliphatic carbocycles. The van der Waals surface area contributed by atoms with Crippen LogP contribution in [0.15, 0.2) is 70.0 Å². The van der Waals surface area contributed by atoms with Crippen LogP contribution in [-0.4, -0.2) is 23.9 Å². The molecule has 1 N–H and O–H groups in total. The minimum absolute atomic E-state index is 0.0521. The van der Waals surface area contributed by atoms with Crippen molar-refractivity contribution in [3.05, 3.63) is 86.3 Å². The first-order valence-corrected chi connectivity index (χ1v) is 10.5. The van der Waals surface area contributed by atoms with E-state index < -0.39 is 23.5 Å². The van der Waals surface area contributed by atoms with Gasteiger partial charge < -0.3 is 9.84 Å². The number of carbonyl (C=O) groups is 2. The van der Waals surface area contributed by atoms with Crippen LogP contribution in [0.2, 0.25) is 0 Å². The van der Waals surface area contributed by atoms with Gasteiger partial charge in [-0.25, -0.2) is 4.39 Å². The highest BCUT2D eigenvalue weighted by molar-refractivity contribution is 9.10. The van der Waals surface area contributed by atoms with Crippen molar-refractivity contribution in [1.29, 1.82) is 0 Å². The molecule has 1 saturated heterocycles. The normalized spacial score (nSPS) is 18.1. The summed E-state index contributed by atoms with van der Waals surface area (Å²) in [6.45, 7) is 0. The molecule has 152 valence electrons. The molecule has 1 aromatic heterocycles. The molecule has 5 nitrogen and oxygen atoms in total. The Morgan fingerprint density at radius 1 is 1.17 bits per heavy atom. The summed E-state index contributed by atoms with van der Waals surface area (Å²) in [5.74, 6) is -1.94. The molecule has 0 spiro atoms. The van der Waals surface area contributed by atoms with Gasteiger partial charge in [-0.3, -0.25) is 14.5 Å². The lowest BCUT2D eigenvalue weighted by Crippen LogP contribution is -2.29. The largest absolute Gasteiger partial charge is 0.507 e. The lowest BCUT2D eigenvalue weighted by Gasteiger charge is -2.24. The minimum Gasteiger partial charge on any atom is -0.507 e. The SMILES string of the molecule is COc1ccc(/C(O)=C2/C(=O)C(=O)N(c3cccc(F)c3)C2c2cccs2)cc1Br. The Labute approximate surface area is 184 Å². The highest BCUT2D eigenvalue weighted by atomic mass is 79.9. The number of carbonyl (C=O) groups excluding carboxylic acids is 2. The molecule has 2 heterocycles. The number of thiophene rings is 1. The van der Waals surface area contributed by atoms with E-state index in [-0.39, 0.29) is 17.0 Å². The summed E-state index contributed by atoms with van der Waals surface area (Å²) < 4.78 is 19.6. The molecule has 1 amide bonds. The van der Waals surface area contributed by atoms with Crippen LogP contribution in [0.5, 0.6) is 5.75 Å². The predicted molar refractivity (Wildman–Crippen MR) is 116 cm³/mol. The summed E-state index contributed by atoms with van der Waals surface area (Å²) in [4.78, 5) is 27.8. The van der Waals surface area contributed by atoms with Crippen molar-refractivity contribution in [2.75, 3.05) is 12.0 Å². The standard InChI is InChI=1S/C22H15BrFNO4S/c1-29-16-8-7-12(10-15(16)23)20(26)18-19(17-6-3-9-30-17)25(22(28)21(18)27)14-5-2-4-13(24)11-14/h2-11,19,26H,1H3/b20-18-. The van der Waals surface area contributed by atoms with Gasteiger partial charge in [0.05, 0.1) is 17.2 Å². The monoisotopic (exact) mass is 487 g/mol. The van der Waals surface area contributed by atoms with E-state index in [1.807, 2.05) is 5.38 Å². The summed E-state index contributed by atoms with van der Waals surface area (Å²) in [6, 6.07) is 13.0. The summed E-state index contributed by atoms with van der Waals surface area (Å²) in [7, 11) is 1.51. The number of methoxy groups -OCH3 is 1. The summed E-state index contributed by atoms with van der Waals surface area (Å²) in [6.07, 6.45) is 0. The predicted octanol–water partition coefficient (Wildman–Crippen LogP) is 5.28. The zero-order chi connectivity index (χ0) is 21.4. The van der Waals surface area contributed by atoms with Crippen molar-refractivity contribution in [3.63, 3.8) is 0 Å². The highest BCUT2D eigenvalue weighted by Gasteiger charge is 2.47. The summed E-state index contributed by atoms with van der Waals surface area (Å²) >= 11 is 4.70. The van der Waals surface area contributed by atoms with Gasteiger partial charge in [-0.1, -0.05) is 12.1 Å². The molecule has 8 heteroatoms. The number of hydrogen-bond acceptors (Lipinski definition) is 5. The number of ether oxygens (including phenoxy) is 1. The third-order valence-electron chi connectivity index (χ3n) is 4.77. The van der Waals surface area contributed by atoms with Crippen molar-refractivity contribution >= 4 is 50.4 Å². The molecule has 1 unspecified atom stereocenters. The number of aliphatic hydroxyl groups excluding tert-OH is 1. The number of Topliss-reactive ketones (excluding diaryl/α,β-unsaturated/α-hetero) is 1. The quantitative estimate of drug-likeness (QED) is 0.308. The number of benzene rings is 2. The van der Waals surface area contributed by atoms with Gasteiger partial charge in [0.2, 0.25) is 0 Å². The molecule has 1 fully saturated rings. The molecule has 1 aliphatic heterocycles. The molecule has 0 saturated carbocycles. The molecule has 1 aliphatic rings. The molecule has 30 heavy (non-hydrogen) atoms. The van der Waals surface area contributed by atoms with E-state index in [1.54, 1.807) is 36.4 Å². The fourth-order valence-corrected chi connectivity index (χ4v) is 4.77. The van der Waals surface area contributed by atoms with Crippen LogP contribution in [0, 0.1) is 5.82 Å². The lowest BCUT2D eigenvalue weighted by atomic mass is 9.99. The van der Waals surface area contributed by atoms with Gasteiger partial charge >= 0.3 is 0 Å². The van der Waals surface area contributed by atoms with Crippen LogP contribution in [0.1, 0.15) is 16.5 Å². The summed E-state index contributed by atoms with van der Waals surface area (Å²) in [5.41, 5.74) is 0.538. The molecular formula is C22H15BrFNO4S. The zero-order valence-corrected chi connectivity index (χ0v) is 18.0. The molecule has 4 rings (SSSR count). The van der Waals surface area contributed by atoms with Gasteiger partial charge in [-0.15, -0.1) is 11.3 Å². The maximum atomic E-state index is 13.9. The van der Waals surface area contributed by atoms with Crippen molar-refractivity contribution in [2.45, 2.75) is 6.04 Å². The first-order valence-electron chi connectivity index (χ1n) is 8.86. The maximum Gasteiger partial charge on any atom is 0.300 e. The van der Waals surface area contributed by atoms with Crippen LogP contribution in [0.4, 0.5) is 10.1 Å². The second kappa shape index (κ2) is 8.04. The number of hydrogen-bond donors (Lipinski definition) is 1. The Bertz CT molecular complexity index is 1180. The Morgan fingerprint density at radius 2 is 1.97 bits per heavy atom. The molecule has 1 atom stereocenters. The fourth-order valence-electron chi connectivity index (χ4n) is 3.41. The Kier molecular flexibility index (Phi) is 5.44. The number of aliphatic hydroxyl groups is 1. The Hall–Kier alpha value is -2.97. The van der Waals surface area contributed by atoms with Gasteiger partial charge in [0, 0.05) is 16.1 Å². The van der Waals surface area contributed by atoms with E-state index in [0.717, 1.165) is 0 Å². The first-order chi connectivity index (χ1) is 14.4. The summed E-state index contributed by atoms with van der Waals surface area (Å²) in [5, 5.41) is 12.8. The van der Waals surface area contributed by atoms with E-state index in [2.05, 4.69) is 15.9 Å². The van der Waals surface area contributed by atoms with E-state index in [4.69, 9.17) is 4.74 Å². The number of halogens is 2. The van der Waals surface area contributed by atoms with Crippen LogP contribution >= 0.6 is 27.3 Å². The molecular weight excluding hydrogens is 473 g/mol. The van der Waals surface area contributed by atoms with Crippen molar-refractivity contribution in [3.8, 4) is 5.75 Å². The first kappa shape index (κ1) is 20.3. The molecule has 0 bridgehead atoms. The molecule has 2 aromatic carbocycles. The third kappa shape index (κ3) is 3.42. The van der Waals surface area contributed by atoms with Crippen molar-refractivity contribution in [2.24, 2.45) is 0 Å².